The van der Waals surface area contributed by atoms with E-state index in [1.165, 1.54) is 31.2 Å². The number of piperazine rings is 1. The average Bonchev–Trinajstić information content (AvgIpc) is 2.85. The van der Waals surface area contributed by atoms with Crippen molar-refractivity contribution in [3.05, 3.63) is 69.8 Å². The lowest BCUT2D eigenvalue weighted by Gasteiger charge is -2.33. The third kappa shape index (κ3) is 5.84. The van der Waals surface area contributed by atoms with Crippen molar-refractivity contribution >= 4 is 29.5 Å². The Hall–Kier alpha value is -4.05. The van der Waals surface area contributed by atoms with Crippen molar-refractivity contribution in [2.24, 2.45) is 0 Å². The largest absolute Gasteiger partial charge is 0.395 e. The number of carbonyl (C=O) groups is 3. The van der Waals surface area contributed by atoms with Crippen LogP contribution in [0.4, 0.5) is 5.69 Å². The lowest BCUT2D eigenvalue weighted by molar-refractivity contribution is -0.384. The molecule has 2 N–H and O–H groups in total. The first-order valence-electron chi connectivity index (χ1n) is 10.7. The molecule has 1 saturated heterocycles. The summed E-state index contributed by atoms with van der Waals surface area (Å²) in [6.45, 7) is 3.08. The highest BCUT2D eigenvalue weighted by molar-refractivity contribution is 5.97. The number of amides is 3. The molecule has 1 aliphatic heterocycles. The molecule has 0 saturated carbocycles. The van der Waals surface area contributed by atoms with Crippen molar-refractivity contribution in [1.29, 1.82) is 0 Å². The molecule has 2 aromatic carbocycles. The summed E-state index contributed by atoms with van der Waals surface area (Å²) in [6.07, 6.45) is 2.86. The highest BCUT2D eigenvalue weighted by Crippen LogP contribution is 2.34. The lowest BCUT2D eigenvalue weighted by Crippen LogP contribution is -2.49. The second-order valence-electron chi connectivity index (χ2n) is 7.64. The first kappa shape index (κ1) is 24.6. The van der Waals surface area contributed by atoms with E-state index >= 15 is 0 Å². The van der Waals surface area contributed by atoms with Crippen LogP contribution in [-0.2, 0) is 9.59 Å². The Morgan fingerprint density at radius 3 is 2.53 bits per heavy atom. The standard InChI is InChI=1S/C24H25N4O6/c1-17(30)26-11-13-27(14-12-26)22(31)9-8-18-4-3-7-21(28(33)34)23(18)19-5-2-6-20(16-19)24(32)25-10-15-29/h2-6,8-9,16,29H,10-15H2,1H3,(H,25,32)/b9-8+. The molecular weight excluding hydrogens is 440 g/mol. The van der Waals surface area contributed by atoms with E-state index in [9.17, 15) is 24.5 Å². The highest BCUT2D eigenvalue weighted by atomic mass is 16.6. The van der Waals surface area contributed by atoms with E-state index in [-0.39, 0.29) is 41.8 Å². The van der Waals surface area contributed by atoms with Gasteiger partial charge in [-0.25, -0.2) is 0 Å². The Morgan fingerprint density at radius 1 is 1.18 bits per heavy atom. The molecule has 0 spiro atoms. The maximum absolute atomic E-state index is 12.7. The van der Waals surface area contributed by atoms with Gasteiger partial charge in [0.1, 0.15) is 0 Å². The highest BCUT2D eigenvalue weighted by Gasteiger charge is 2.22. The summed E-state index contributed by atoms with van der Waals surface area (Å²) >= 11 is 0. The third-order valence-corrected chi connectivity index (χ3v) is 5.44. The van der Waals surface area contributed by atoms with E-state index in [2.05, 4.69) is 11.4 Å². The summed E-state index contributed by atoms with van der Waals surface area (Å²) in [7, 11) is 0. The summed E-state index contributed by atoms with van der Waals surface area (Å²) in [5.41, 5.74) is 1.07. The summed E-state index contributed by atoms with van der Waals surface area (Å²) in [4.78, 5) is 50.9. The molecule has 0 atom stereocenters. The van der Waals surface area contributed by atoms with E-state index in [1.807, 2.05) is 0 Å². The fourth-order valence-corrected chi connectivity index (χ4v) is 3.68. The van der Waals surface area contributed by atoms with Crippen molar-refractivity contribution in [3.63, 3.8) is 0 Å². The van der Waals surface area contributed by atoms with Crippen LogP contribution in [0.1, 0.15) is 22.8 Å². The molecule has 10 heteroatoms. The molecular formula is C24H25N4O6. The third-order valence-electron chi connectivity index (χ3n) is 5.44. The van der Waals surface area contributed by atoms with E-state index in [0.29, 0.717) is 37.3 Å². The normalized spacial score (nSPS) is 13.7. The van der Waals surface area contributed by atoms with Crippen LogP contribution in [0.3, 0.4) is 0 Å². The molecule has 1 heterocycles. The van der Waals surface area contributed by atoms with Gasteiger partial charge in [-0.15, -0.1) is 0 Å². The van der Waals surface area contributed by atoms with Gasteiger partial charge in [-0.2, -0.15) is 0 Å². The number of nitrogens with one attached hydrogen (secondary N) is 1. The minimum atomic E-state index is -0.562. The van der Waals surface area contributed by atoms with Crippen molar-refractivity contribution in [2.45, 2.75) is 6.92 Å². The molecule has 0 unspecified atom stereocenters. The average molecular weight is 465 g/mol. The van der Waals surface area contributed by atoms with Gasteiger partial charge in [0.05, 0.1) is 23.2 Å². The minimum Gasteiger partial charge on any atom is -0.395 e. The number of nitro groups is 1. The second-order valence-corrected chi connectivity index (χ2v) is 7.64. The number of nitro benzene ring substituents is 1. The summed E-state index contributed by atoms with van der Waals surface area (Å²) in [6, 6.07) is 12.0. The number of hydrogen-bond acceptors (Lipinski definition) is 6. The van der Waals surface area contributed by atoms with Crippen molar-refractivity contribution in [3.8, 4) is 11.1 Å². The smallest absolute Gasteiger partial charge is 0.285 e. The lowest BCUT2D eigenvalue weighted by atomic mass is 9.95. The van der Waals surface area contributed by atoms with Crippen LogP contribution < -0.4 is 5.32 Å². The Labute approximate surface area is 196 Å². The fourth-order valence-electron chi connectivity index (χ4n) is 3.68. The number of carbonyl (C=O) groups excluding carboxylic acids is 3. The molecule has 2 aromatic rings. The summed E-state index contributed by atoms with van der Waals surface area (Å²) in [5.74, 6) is -0.718. The molecule has 1 aliphatic rings. The van der Waals surface area contributed by atoms with Gasteiger partial charge in [0.2, 0.25) is 11.8 Å². The van der Waals surface area contributed by atoms with Gasteiger partial charge < -0.3 is 20.2 Å². The Morgan fingerprint density at radius 2 is 1.88 bits per heavy atom. The topological polar surface area (TPSA) is 133 Å². The zero-order chi connectivity index (χ0) is 24.7. The van der Waals surface area contributed by atoms with Gasteiger partial charge in [-0.05, 0) is 35.4 Å². The number of hydrogen-bond donors (Lipinski definition) is 2. The van der Waals surface area contributed by atoms with Crippen LogP contribution in [0, 0.1) is 16.2 Å². The molecule has 3 rings (SSSR count). The number of aliphatic hydroxyl groups is 1. The van der Waals surface area contributed by atoms with Gasteiger partial charge in [0.25, 0.3) is 11.6 Å². The first-order chi connectivity index (χ1) is 16.3. The fraction of sp³-hybridized carbons (Fsp3) is 0.292. The second kappa shape index (κ2) is 11.2. The number of nitrogens with zero attached hydrogens (tertiary/aromatic N) is 3. The molecule has 1 fully saturated rings. The SMILES string of the molecule is CC(=O)N1CCN(C(=O)/C=C/c2cc[c]c([N+](=O)[O-])c2-c2cccc(C(=O)NCCO)c2)CC1. The zero-order valence-corrected chi connectivity index (χ0v) is 18.7. The Balaban J connectivity index is 1.90. The van der Waals surface area contributed by atoms with Crippen LogP contribution in [0.15, 0.2) is 42.5 Å². The van der Waals surface area contributed by atoms with Gasteiger partial charge in [0.15, 0.2) is 0 Å². The van der Waals surface area contributed by atoms with Crippen LogP contribution in [0.25, 0.3) is 17.2 Å². The van der Waals surface area contributed by atoms with Crippen LogP contribution in [-0.4, -0.2) is 76.9 Å². The molecule has 1 radical (unpaired) electrons. The monoisotopic (exact) mass is 465 g/mol. The van der Waals surface area contributed by atoms with Gasteiger partial charge >= 0.3 is 0 Å². The molecule has 10 nitrogen and oxygen atoms in total. The van der Waals surface area contributed by atoms with Crippen LogP contribution >= 0.6 is 0 Å². The predicted molar refractivity (Wildman–Crippen MR) is 125 cm³/mol. The summed E-state index contributed by atoms with van der Waals surface area (Å²) < 4.78 is 0. The Bertz CT molecular complexity index is 1120. The van der Waals surface area contributed by atoms with Gasteiger partial charge in [-0.1, -0.05) is 18.2 Å². The summed E-state index contributed by atoms with van der Waals surface area (Å²) in [5, 5.41) is 23.2. The first-order valence-corrected chi connectivity index (χ1v) is 10.7. The quantitative estimate of drug-likeness (QED) is 0.362. The van der Waals surface area contributed by atoms with E-state index in [4.69, 9.17) is 5.11 Å². The zero-order valence-electron chi connectivity index (χ0n) is 18.7. The van der Waals surface area contributed by atoms with Crippen LogP contribution in [0.5, 0.6) is 0 Å². The van der Waals surface area contributed by atoms with Crippen molar-refractivity contribution in [1.82, 2.24) is 15.1 Å². The maximum Gasteiger partial charge on any atom is 0.285 e. The van der Waals surface area contributed by atoms with Crippen molar-refractivity contribution in [2.75, 3.05) is 39.3 Å². The molecule has 177 valence electrons. The maximum atomic E-state index is 12.7. The van der Waals surface area contributed by atoms with Crippen LogP contribution in [0.2, 0.25) is 0 Å². The molecule has 3 amide bonds. The van der Waals surface area contributed by atoms with Gasteiger partial charge in [-0.3, -0.25) is 24.5 Å². The van der Waals surface area contributed by atoms with Gasteiger partial charge in [0, 0.05) is 51.3 Å². The number of benzene rings is 2. The van der Waals surface area contributed by atoms with E-state index < -0.39 is 10.8 Å². The molecule has 0 aliphatic carbocycles. The van der Waals surface area contributed by atoms with Crippen molar-refractivity contribution < 1.29 is 24.4 Å². The van der Waals surface area contributed by atoms with E-state index in [0.717, 1.165) is 0 Å². The molecule has 0 aromatic heterocycles. The molecule has 0 bridgehead atoms. The minimum absolute atomic E-state index is 0.0348. The molecule has 34 heavy (non-hydrogen) atoms. The predicted octanol–water partition coefficient (Wildman–Crippen LogP) is 1.49. The number of aliphatic hydroxyl groups excluding tert-OH is 1. The Kier molecular flexibility index (Phi) is 8.10. The van der Waals surface area contributed by atoms with E-state index in [1.54, 1.807) is 34.1 Å². The number of rotatable bonds is 7.